The van der Waals surface area contributed by atoms with Crippen molar-refractivity contribution in [1.82, 2.24) is 9.80 Å². The lowest BCUT2D eigenvalue weighted by atomic mass is 9.72. The van der Waals surface area contributed by atoms with E-state index in [4.69, 9.17) is 9.47 Å². The molecule has 0 saturated carbocycles. The van der Waals surface area contributed by atoms with Crippen LogP contribution in [0.2, 0.25) is 0 Å². The minimum atomic E-state index is -1.40. The number of hydrogen-bond acceptors (Lipinski definition) is 6. The Bertz CT molecular complexity index is 901. The molecule has 1 aromatic carbocycles. The molecule has 3 amide bonds. The molecule has 0 unspecified atom stereocenters. The van der Waals surface area contributed by atoms with Crippen LogP contribution in [0, 0.1) is 5.92 Å². The minimum absolute atomic E-state index is 0.00558. The fourth-order valence-corrected chi connectivity index (χ4v) is 4.56. The summed E-state index contributed by atoms with van der Waals surface area (Å²) in [5, 5.41) is 0. The Morgan fingerprint density at radius 2 is 1.77 bits per heavy atom. The minimum Gasteiger partial charge on any atom is -0.466 e. The molecule has 0 radical (unpaired) electrons. The lowest BCUT2D eigenvalue weighted by molar-refractivity contribution is -0.148. The summed E-state index contributed by atoms with van der Waals surface area (Å²) >= 11 is 0. The van der Waals surface area contributed by atoms with E-state index < -0.39 is 35.3 Å². The highest BCUT2D eigenvalue weighted by Gasteiger charge is 2.64. The molecule has 31 heavy (non-hydrogen) atoms. The number of hydrogen-bond donors (Lipinski definition) is 0. The van der Waals surface area contributed by atoms with Gasteiger partial charge in [0.25, 0.3) is 5.91 Å². The maximum absolute atomic E-state index is 13.8. The van der Waals surface area contributed by atoms with Crippen molar-refractivity contribution >= 4 is 29.6 Å². The molecule has 1 saturated heterocycles. The van der Waals surface area contributed by atoms with Gasteiger partial charge in [0.2, 0.25) is 5.91 Å². The fraction of sp³-hybridized carbons (Fsp3) is 0.545. The van der Waals surface area contributed by atoms with Crippen molar-refractivity contribution in [3.63, 3.8) is 0 Å². The van der Waals surface area contributed by atoms with Gasteiger partial charge in [-0.15, -0.1) is 0 Å². The quantitative estimate of drug-likeness (QED) is 0.658. The molecule has 3 rings (SSSR count). The highest BCUT2D eigenvalue weighted by molar-refractivity contribution is 6.09. The summed E-state index contributed by atoms with van der Waals surface area (Å²) in [6.45, 7) is 5.17. The molecule has 0 N–H and O–H groups in total. The molecule has 2 heterocycles. The lowest BCUT2D eigenvalue weighted by Crippen LogP contribution is -2.62. The number of ether oxygens (including phenoxy) is 2. The molecule has 2 aliphatic rings. The summed E-state index contributed by atoms with van der Waals surface area (Å²) in [4.78, 5) is 56.1. The van der Waals surface area contributed by atoms with E-state index in [1.54, 1.807) is 47.0 Å². The largest absolute Gasteiger partial charge is 0.466 e. The van der Waals surface area contributed by atoms with Crippen LogP contribution in [0.4, 0.5) is 10.5 Å². The SMILES string of the molecule is CCOC(=O)[C@H]1CN(C(=O)OCC)[C@]2(C)C(=O)N(CC(=O)N(C)C)c3ccccc3[C@H]12. The normalized spacial score (nSPS) is 24.4. The van der Waals surface area contributed by atoms with E-state index in [1.165, 1.54) is 14.7 Å². The summed E-state index contributed by atoms with van der Waals surface area (Å²) < 4.78 is 10.5. The first-order valence-electron chi connectivity index (χ1n) is 10.4. The Morgan fingerprint density at radius 1 is 1.13 bits per heavy atom. The first-order valence-corrected chi connectivity index (χ1v) is 10.4. The summed E-state index contributed by atoms with van der Waals surface area (Å²) in [6.07, 6.45) is -0.673. The summed E-state index contributed by atoms with van der Waals surface area (Å²) in [5.41, 5.74) is -0.115. The first-order chi connectivity index (χ1) is 14.7. The Balaban J connectivity index is 2.17. The van der Waals surface area contributed by atoms with Gasteiger partial charge in [-0.05, 0) is 32.4 Å². The van der Waals surface area contributed by atoms with Gasteiger partial charge in [-0.3, -0.25) is 19.3 Å². The number of amides is 3. The standard InChI is InChI=1S/C22H29N3O6/c1-6-30-19(27)15-12-25(21(29)31-7-2)22(3)18(15)14-10-8-9-11-16(14)24(20(22)28)13-17(26)23(4)5/h8-11,15,18H,6-7,12-13H2,1-5H3/t15-,18+,22-/m0/s1. The molecule has 9 nitrogen and oxygen atoms in total. The Morgan fingerprint density at radius 3 is 2.39 bits per heavy atom. The first kappa shape index (κ1) is 22.6. The Labute approximate surface area is 181 Å². The zero-order valence-corrected chi connectivity index (χ0v) is 18.6. The van der Waals surface area contributed by atoms with E-state index in [-0.39, 0.29) is 32.2 Å². The third kappa shape index (κ3) is 3.62. The van der Waals surface area contributed by atoms with E-state index in [2.05, 4.69) is 0 Å². The molecule has 0 spiro atoms. The number of benzene rings is 1. The lowest BCUT2D eigenvalue weighted by Gasteiger charge is -2.46. The van der Waals surface area contributed by atoms with E-state index in [9.17, 15) is 19.2 Å². The number of likely N-dealkylation sites (tertiary alicyclic amines) is 1. The molecular weight excluding hydrogens is 402 g/mol. The number of rotatable bonds is 5. The van der Waals surface area contributed by atoms with Crippen LogP contribution in [0.25, 0.3) is 0 Å². The topological polar surface area (TPSA) is 96.5 Å². The van der Waals surface area contributed by atoms with E-state index in [1.807, 2.05) is 12.1 Å². The van der Waals surface area contributed by atoms with Crippen LogP contribution in [0.5, 0.6) is 0 Å². The van der Waals surface area contributed by atoms with Crippen molar-refractivity contribution < 1.29 is 28.7 Å². The van der Waals surface area contributed by atoms with Gasteiger partial charge >= 0.3 is 12.1 Å². The van der Waals surface area contributed by atoms with Crippen molar-refractivity contribution in [3.05, 3.63) is 29.8 Å². The van der Waals surface area contributed by atoms with Crippen LogP contribution in [0.15, 0.2) is 24.3 Å². The van der Waals surface area contributed by atoms with Crippen LogP contribution in [0.3, 0.4) is 0 Å². The van der Waals surface area contributed by atoms with Gasteiger partial charge in [0.1, 0.15) is 12.1 Å². The molecule has 0 aromatic heterocycles. The number of para-hydroxylation sites is 1. The van der Waals surface area contributed by atoms with Gasteiger partial charge in [-0.2, -0.15) is 0 Å². The van der Waals surface area contributed by atoms with Crippen molar-refractivity contribution in [2.45, 2.75) is 32.2 Å². The highest BCUT2D eigenvalue weighted by atomic mass is 16.6. The third-order valence-corrected chi connectivity index (χ3v) is 6.06. The summed E-state index contributed by atoms with van der Waals surface area (Å²) in [7, 11) is 3.23. The summed E-state index contributed by atoms with van der Waals surface area (Å²) in [6, 6.07) is 7.18. The highest BCUT2D eigenvalue weighted by Crippen LogP contribution is 2.53. The zero-order valence-electron chi connectivity index (χ0n) is 18.6. The van der Waals surface area contributed by atoms with Gasteiger partial charge in [0.05, 0.1) is 19.1 Å². The van der Waals surface area contributed by atoms with E-state index >= 15 is 0 Å². The van der Waals surface area contributed by atoms with E-state index in [0.717, 1.165) is 5.56 Å². The average molecular weight is 431 g/mol. The van der Waals surface area contributed by atoms with Crippen LogP contribution in [-0.4, -0.2) is 79.6 Å². The predicted octanol–water partition coefficient (Wildman–Crippen LogP) is 1.62. The van der Waals surface area contributed by atoms with E-state index in [0.29, 0.717) is 5.69 Å². The molecule has 9 heteroatoms. The number of anilines is 1. The molecule has 0 aliphatic carbocycles. The maximum atomic E-state index is 13.8. The number of carbonyl (C=O) groups is 4. The Hall–Kier alpha value is -3.10. The third-order valence-electron chi connectivity index (χ3n) is 6.06. The number of carbonyl (C=O) groups excluding carboxylic acids is 4. The number of fused-ring (bicyclic) bond motifs is 3. The predicted molar refractivity (Wildman–Crippen MR) is 112 cm³/mol. The maximum Gasteiger partial charge on any atom is 0.410 e. The smallest absolute Gasteiger partial charge is 0.410 e. The van der Waals surface area contributed by atoms with Crippen molar-refractivity contribution in [2.75, 3.05) is 45.3 Å². The Kier molecular flexibility index (Phi) is 6.24. The number of esters is 1. The zero-order chi connectivity index (χ0) is 22.9. The van der Waals surface area contributed by atoms with Crippen molar-refractivity contribution in [1.29, 1.82) is 0 Å². The van der Waals surface area contributed by atoms with Gasteiger partial charge < -0.3 is 19.3 Å². The molecule has 3 atom stereocenters. The van der Waals surface area contributed by atoms with Crippen LogP contribution < -0.4 is 4.90 Å². The monoisotopic (exact) mass is 431 g/mol. The van der Waals surface area contributed by atoms with Gasteiger partial charge in [0, 0.05) is 32.2 Å². The second-order valence-corrected chi connectivity index (χ2v) is 8.03. The second kappa shape index (κ2) is 8.56. The second-order valence-electron chi connectivity index (χ2n) is 8.03. The molecule has 0 bridgehead atoms. The average Bonchev–Trinajstić information content (AvgIpc) is 3.06. The van der Waals surface area contributed by atoms with Gasteiger partial charge in [0.15, 0.2) is 0 Å². The van der Waals surface area contributed by atoms with Crippen molar-refractivity contribution in [3.8, 4) is 0 Å². The molecule has 1 fully saturated rings. The van der Waals surface area contributed by atoms with Crippen LogP contribution >= 0.6 is 0 Å². The number of nitrogens with zero attached hydrogens (tertiary/aromatic N) is 3. The van der Waals surface area contributed by atoms with Crippen molar-refractivity contribution in [2.24, 2.45) is 5.92 Å². The van der Waals surface area contributed by atoms with Crippen LogP contribution in [-0.2, 0) is 23.9 Å². The van der Waals surface area contributed by atoms with Gasteiger partial charge in [-0.1, -0.05) is 18.2 Å². The molecule has 2 aliphatic heterocycles. The van der Waals surface area contributed by atoms with Gasteiger partial charge in [-0.25, -0.2) is 4.79 Å². The summed E-state index contributed by atoms with van der Waals surface area (Å²) in [5.74, 6) is -2.50. The fourth-order valence-electron chi connectivity index (χ4n) is 4.56. The number of likely N-dealkylation sites (N-methyl/N-ethyl adjacent to an activating group) is 1. The molecule has 168 valence electrons. The van der Waals surface area contributed by atoms with Crippen LogP contribution in [0.1, 0.15) is 32.3 Å². The molecular formula is C22H29N3O6. The molecule has 1 aromatic rings.